The normalized spacial score (nSPS) is 19.1. The quantitative estimate of drug-likeness (QED) is 0.589. The van der Waals surface area contributed by atoms with Crippen LogP contribution in [0.4, 0.5) is 29.8 Å². The van der Waals surface area contributed by atoms with E-state index < -0.39 is 23.5 Å². The number of pyridine rings is 2. The molecule has 0 spiro atoms. The van der Waals surface area contributed by atoms with Crippen LogP contribution in [0.5, 0.6) is 0 Å². The lowest BCUT2D eigenvalue weighted by Crippen LogP contribution is -2.36. The molecule has 0 saturated carbocycles. The molecule has 0 radical (unpaired) electrons. The molecule has 1 N–H and O–H groups in total. The molecule has 1 atom stereocenters. The molecule has 0 aliphatic carbocycles. The predicted molar refractivity (Wildman–Crippen MR) is 124 cm³/mol. The van der Waals surface area contributed by atoms with Crippen LogP contribution in [0.25, 0.3) is 10.3 Å². The van der Waals surface area contributed by atoms with Crippen LogP contribution in [0.3, 0.4) is 0 Å². The van der Waals surface area contributed by atoms with Gasteiger partial charge in [-0.2, -0.15) is 18.2 Å². The lowest BCUT2D eigenvalue weighted by molar-refractivity contribution is -0.140. The van der Waals surface area contributed by atoms with Crippen LogP contribution in [0.1, 0.15) is 29.5 Å². The van der Waals surface area contributed by atoms with Gasteiger partial charge in [0.05, 0.1) is 23.6 Å². The van der Waals surface area contributed by atoms with Crippen molar-refractivity contribution >= 4 is 44.2 Å². The Morgan fingerprint density at radius 3 is 2.65 bits per heavy atom. The van der Waals surface area contributed by atoms with Gasteiger partial charge >= 0.3 is 6.18 Å². The highest BCUT2D eigenvalue weighted by Gasteiger charge is 2.37. The molecule has 8 nitrogen and oxygen atoms in total. The zero-order chi connectivity index (χ0) is 23.9. The minimum absolute atomic E-state index is 0.0000846. The van der Waals surface area contributed by atoms with E-state index in [1.807, 2.05) is 4.90 Å². The van der Waals surface area contributed by atoms with Gasteiger partial charge in [0, 0.05) is 26.2 Å². The van der Waals surface area contributed by atoms with Crippen molar-refractivity contribution in [3.05, 3.63) is 35.7 Å². The Morgan fingerprint density at radius 1 is 1.15 bits per heavy atom. The average molecular weight is 493 g/mol. The van der Waals surface area contributed by atoms with E-state index in [4.69, 9.17) is 4.74 Å². The standard InChI is InChI=1S/C22H23F3N6O2S/c1-13-5-6-31(12-13)17-4-2-3-14(26-17)20(32)27-15-11-16-19(28-18(15)22(23,24)25)29-21(34-16)30-7-9-33-10-8-30/h2-4,11,13H,5-10,12H2,1H3,(H,27,32). The maximum Gasteiger partial charge on any atom is 0.435 e. The summed E-state index contributed by atoms with van der Waals surface area (Å²) in [6.45, 7) is 6.06. The largest absolute Gasteiger partial charge is 0.435 e. The molecule has 1 unspecified atom stereocenters. The number of carbonyl (C=O) groups excluding carboxylic acids is 1. The Morgan fingerprint density at radius 2 is 1.94 bits per heavy atom. The summed E-state index contributed by atoms with van der Waals surface area (Å²) in [6, 6.07) is 6.26. The highest BCUT2D eigenvalue weighted by Crippen LogP contribution is 2.38. The zero-order valence-corrected chi connectivity index (χ0v) is 19.2. The van der Waals surface area contributed by atoms with Crippen molar-refractivity contribution in [3.8, 4) is 0 Å². The second-order valence-electron chi connectivity index (χ2n) is 8.47. The maximum absolute atomic E-state index is 13.8. The van der Waals surface area contributed by atoms with Gasteiger partial charge < -0.3 is 19.9 Å². The number of nitrogens with one attached hydrogen (secondary N) is 1. The molecule has 5 rings (SSSR count). The highest BCUT2D eigenvalue weighted by atomic mass is 32.1. The number of halogens is 3. The smallest absolute Gasteiger partial charge is 0.378 e. The molecule has 2 saturated heterocycles. The summed E-state index contributed by atoms with van der Waals surface area (Å²) in [5.74, 6) is 0.436. The van der Waals surface area contributed by atoms with Gasteiger partial charge in [-0.25, -0.2) is 9.97 Å². The summed E-state index contributed by atoms with van der Waals surface area (Å²) in [5, 5.41) is 2.96. The van der Waals surface area contributed by atoms with Crippen LogP contribution in [0.15, 0.2) is 24.3 Å². The number of hydrogen-bond donors (Lipinski definition) is 1. The van der Waals surface area contributed by atoms with Crippen molar-refractivity contribution in [2.45, 2.75) is 19.5 Å². The first-order chi connectivity index (χ1) is 16.3. The van der Waals surface area contributed by atoms with Crippen molar-refractivity contribution < 1.29 is 22.7 Å². The topological polar surface area (TPSA) is 83.5 Å². The number of anilines is 3. The maximum atomic E-state index is 13.8. The summed E-state index contributed by atoms with van der Waals surface area (Å²) in [7, 11) is 0. The average Bonchev–Trinajstić information content (AvgIpc) is 3.44. The molecular weight excluding hydrogens is 469 g/mol. The lowest BCUT2D eigenvalue weighted by Gasteiger charge is -2.25. The van der Waals surface area contributed by atoms with Crippen LogP contribution in [-0.2, 0) is 10.9 Å². The Kier molecular flexibility index (Phi) is 6.02. The summed E-state index contributed by atoms with van der Waals surface area (Å²) < 4.78 is 47.2. The summed E-state index contributed by atoms with van der Waals surface area (Å²) in [6.07, 6.45) is -3.74. The zero-order valence-electron chi connectivity index (χ0n) is 18.4. The third-order valence-corrected chi connectivity index (χ3v) is 6.94. The van der Waals surface area contributed by atoms with Crippen LogP contribution < -0.4 is 15.1 Å². The van der Waals surface area contributed by atoms with E-state index in [1.165, 1.54) is 23.5 Å². The Labute approximate surface area is 197 Å². The van der Waals surface area contributed by atoms with Crippen molar-refractivity contribution in [2.24, 2.45) is 5.92 Å². The predicted octanol–water partition coefficient (Wildman–Crippen LogP) is 4.04. The Balaban J connectivity index is 1.44. The number of hydrogen-bond acceptors (Lipinski definition) is 8. The lowest BCUT2D eigenvalue weighted by atomic mass is 10.2. The molecule has 3 aromatic heterocycles. The molecule has 1 amide bonds. The number of ether oxygens (including phenoxy) is 1. The fourth-order valence-corrected chi connectivity index (χ4v) is 5.11. The Bertz CT molecular complexity index is 1210. The molecule has 12 heteroatoms. The fraction of sp³-hybridized carbons (Fsp3) is 0.455. The monoisotopic (exact) mass is 492 g/mol. The first kappa shape index (κ1) is 22.8. The second-order valence-corrected chi connectivity index (χ2v) is 9.48. The molecular formula is C22H23F3N6O2S. The van der Waals surface area contributed by atoms with E-state index in [9.17, 15) is 18.0 Å². The third kappa shape index (κ3) is 4.64. The van der Waals surface area contributed by atoms with E-state index in [0.29, 0.717) is 47.9 Å². The molecule has 34 heavy (non-hydrogen) atoms. The van der Waals surface area contributed by atoms with Crippen LogP contribution in [0, 0.1) is 5.92 Å². The molecule has 3 aromatic rings. The van der Waals surface area contributed by atoms with E-state index in [2.05, 4.69) is 32.1 Å². The molecule has 5 heterocycles. The van der Waals surface area contributed by atoms with Crippen molar-refractivity contribution in [3.63, 3.8) is 0 Å². The van der Waals surface area contributed by atoms with Crippen LogP contribution in [-0.4, -0.2) is 60.3 Å². The number of nitrogens with zero attached hydrogens (tertiary/aromatic N) is 5. The molecule has 2 aliphatic heterocycles. The van der Waals surface area contributed by atoms with Crippen molar-refractivity contribution in [2.75, 3.05) is 54.5 Å². The number of thiazole rings is 1. The van der Waals surface area contributed by atoms with E-state index >= 15 is 0 Å². The van der Waals surface area contributed by atoms with Crippen LogP contribution >= 0.6 is 11.3 Å². The van der Waals surface area contributed by atoms with Gasteiger partial charge in [-0.15, -0.1) is 0 Å². The van der Waals surface area contributed by atoms with Gasteiger partial charge in [-0.1, -0.05) is 24.3 Å². The Hall–Kier alpha value is -2.99. The summed E-state index contributed by atoms with van der Waals surface area (Å²) in [5.41, 5.74) is -1.55. The SMILES string of the molecule is CC1CCN(c2cccc(C(=O)Nc3cc4sc(N5CCOCC5)nc4nc3C(F)(F)F)n2)C1. The van der Waals surface area contributed by atoms with Gasteiger partial charge in [0.2, 0.25) is 0 Å². The van der Waals surface area contributed by atoms with Crippen molar-refractivity contribution in [1.82, 2.24) is 15.0 Å². The molecule has 2 fully saturated rings. The number of alkyl halides is 3. The third-order valence-electron chi connectivity index (χ3n) is 5.88. The molecule has 0 bridgehead atoms. The van der Waals surface area contributed by atoms with E-state index in [1.54, 1.807) is 12.1 Å². The number of amides is 1. The second kappa shape index (κ2) is 8.99. The summed E-state index contributed by atoms with van der Waals surface area (Å²) >= 11 is 1.24. The number of morpholine rings is 1. The van der Waals surface area contributed by atoms with Gasteiger partial charge in [0.1, 0.15) is 11.5 Å². The number of fused-ring (bicyclic) bond motifs is 1. The highest BCUT2D eigenvalue weighted by molar-refractivity contribution is 7.22. The van der Waals surface area contributed by atoms with Gasteiger partial charge in [-0.05, 0) is 30.5 Å². The van der Waals surface area contributed by atoms with E-state index in [-0.39, 0.29) is 11.3 Å². The van der Waals surface area contributed by atoms with Crippen LogP contribution in [0.2, 0.25) is 0 Å². The summed E-state index contributed by atoms with van der Waals surface area (Å²) in [4.78, 5) is 29.4. The first-order valence-electron chi connectivity index (χ1n) is 11.0. The minimum Gasteiger partial charge on any atom is -0.378 e. The number of rotatable bonds is 4. The first-order valence-corrected chi connectivity index (χ1v) is 11.8. The number of carbonyl (C=O) groups is 1. The van der Waals surface area contributed by atoms with Gasteiger partial charge in [0.25, 0.3) is 5.91 Å². The minimum atomic E-state index is -4.76. The number of aromatic nitrogens is 3. The van der Waals surface area contributed by atoms with Gasteiger partial charge in [0.15, 0.2) is 16.5 Å². The molecule has 180 valence electrons. The molecule has 0 aromatic carbocycles. The molecule has 2 aliphatic rings. The van der Waals surface area contributed by atoms with Gasteiger partial charge in [-0.3, -0.25) is 4.79 Å². The fourth-order valence-electron chi connectivity index (χ4n) is 4.11. The van der Waals surface area contributed by atoms with Crippen molar-refractivity contribution in [1.29, 1.82) is 0 Å². The van der Waals surface area contributed by atoms with E-state index in [0.717, 1.165) is 19.5 Å².